The van der Waals surface area contributed by atoms with Crippen LogP contribution < -0.4 is 9.62 Å². The lowest BCUT2D eigenvalue weighted by molar-refractivity contribution is -0.384. The predicted molar refractivity (Wildman–Crippen MR) is 96.8 cm³/mol. The summed E-state index contributed by atoms with van der Waals surface area (Å²) in [4.78, 5) is 12.6. The van der Waals surface area contributed by atoms with Gasteiger partial charge in [-0.25, -0.2) is 8.42 Å². The number of sulfonamides is 1. The zero-order valence-electron chi connectivity index (χ0n) is 13.2. The molecule has 0 aromatic heterocycles. The molecule has 25 heavy (non-hydrogen) atoms. The molecule has 0 radical (unpaired) electrons. The largest absolute Gasteiger partial charge is 0.366 e. The number of benzene rings is 2. The first-order valence-corrected chi connectivity index (χ1v) is 9.55. The molecular weight excluding hydrogens is 366 g/mol. The van der Waals surface area contributed by atoms with E-state index in [1.165, 1.54) is 18.2 Å². The summed E-state index contributed by atoms with van der Waals surface area (Å²) in [5.41, 5.74) is 0.443. The van der Waals surface area contributed by atoms with Crippen molar-refractivity contribution in [2.24, 2.45) is 0 Å². The second kappa shape index (κ2) is 6.89. The maximum Gasteiger partial charge on any atom is 0.293 e. The Morgan fingerprint density at radius 3 is 2.44 bits per heavy atom. The van der Waals surface area contributed by atoms with Crippen LogP contribution in [0.4, 0.5) is 17.1 Å². The van der Waals surface area contributed by atoms with Crippen molar-refractivity contribution in [3.63, 3.8) is 0 Å². The van der Waals surface area contributed by atoms with Crippen LogP contribution >= 0.6 is 11.6 Å². The van der Waals surface area contributed by atoms with Crippen molar-refractivity contribution >= 4 is 38.7 Å². The van der Waals surface area contributed by atoms with Crippen molar-refractivity contribution in [1.29, 1.82) is 0 Å². The quantitative estimate of drug-likeness (QED) is 0.630. The van der Waals surface area contributed by atoms with Gasteiger partial charge in [-0.15, -0.1) is 0 Å². The van der Waals surface area contributed by atoms with Gasteiger partial charge in [0.25, 0.3) is 15.7 Å². The van der Waals surface area contributed by atoms with E-state index in [2.05, 4.69) is 4.72 Å². The smallest absolute Gasteiger partial charge is 0.293 e. The number of nitrogens with zero attached hydrogens (tertiary/aromatic N) is 2. The van der Waals surface area contributed by atoms with Gasteiger partial charge in [0.1, 0.15) is 5.69 Å². The van der Waals surface area contributed by atoms with Crippen molar-refractivity contribution in [1.82, 2.24) is 0 Å². The molecule has 1 heterocycles. The van der Waals surface area contributed by atoms with E-state index in [0.29, 0.717) is 5.69 Å². The van der Waals surface area contributed by atoms with Crippen molar-refractivity contribution < 1.29 is 13.3 Å². The Balaban J connectivity index is 1.97. The summed E-state index contributed by atoms with van der Waals surface area (Å²) in [6.07, 6.45) is 1.93. The first kappa shape index (κ1) is 17.5. The van der Waals surface area contributed by atoms with Gasteiger partial charge >= 0.3 is 0 Å². The average molecular weight is 382 g/mol. The Morgan fingerprint density at radius 2 is 1.80 bits per heavy atom. The molecule has 2 aromatic carbocycles. The summed E-state index contributed by atoms with van der Waals surface area (Å²) >= 11 is 5.97. The standard InChI is InChI=1S/C16H16ClN3O4S/c17-13-5-1-2-6-14(13)18-25(23,24)12-7-8-15(16(11-12)20(21)22)19-9-3-4-10-19/h1-2,5-8,11,18H,3-4,9-10H2. The molecule has 0 bridgehead atoms. The summed E-state index contributed by atoms with van der Waals surface area (Å²) in [5, 5.41) is 11.7. The molecule has 132 valence electrons. The number of nitrogens with one attached hydrogen (secondary N) is 1. The summed E-state index contributed by atoms with van der Waals surface area (Å²) in [5.74, 6) is 0. The van der Waals surface area contributed by atoms with Gasteiger partial charge in [0.15, 0.2) is 0 Å². The second-order valence-electron chi connectivity index (χ2n) is 5.69. The van der Waals surface area contributed by atoms with Gasteiger partial charge in [-0.2, -0.15) is 0 Å². The monoisotopic (exact) mass is 381 g/mol. The van der Waals surface area contributed by atoms with E-state index in [9.17, 15) is 18.5 Å². The molecular formula is C16H16ClN3O4S. The third-order valence-corrected chi connectivity index (χ3v) is 5.71. The van der Waals surface area contributed by atoms with Crippen LogP contribution in [0.1, 0.15) is 12.8 Å². The summed E-state index contributed by atoms with van der Waals surface area (Å²) < 4.78 is 27.5. The molecule has 0 saturated carbocycles. The molecule has 1 aliphatic heterocycles. The Morgan fingerprint density at radius 1 is 1.12 bits per heavy atom. The van der Waals surface area contributed by atoms with Crippen molar-refractivity contribution in [2.45, 2.75) is 17.7 Å². The number of halogens is 1. The van der Waals surface area contributed by atoms with Crippen molar-refractivity contribution in [2.75, 3.05) is 22.7 Å². The molecule has 9 heteroatoms. The molecule has 7 nitrogen and oxygen atoms in total. The normalized spacial score (nSPS) is 14.5. The van der Waals surface area contributed by atoms with E-state index in [4.69, 9.17) is 11.6 Å². The maximum absolute atomic E-state index is 12.6. The van der Waals surface area contributed by atoms with Crippen LogP contribution in [0.2, 0.25) is 5.02 Å². The molecule has 1 saturated heterocycles. The van der Waals surface area contributed by atoms with Crippen molar-refractivity contribution in [3.05, 3.63) is 57.6 Å². The van der Waals surface area contributed by atoms with Gasteiger partial charge < -0.3 is 4.90 Å². The van der Waals surface area contributed by atoms with Gasteiger partial charge in [0.2, 0.25) is 0 Å². The highest BCUT2D eigenvalue weighted by atomic mass is 35.5. The highest BCUT2D eigenvalue weighted by Crippen LogP contribution is 2.33. The fourth-order valence-electron chi connectivity index (χ4n) is 2.79. The fraction of sp³-hybridized carbons (Fsp3) is 0.250. The van der Waals surface area contributed by atoms with Crippen LogP contribution in [0.3, 0.4) is 0 Å². The van der Waals surface area contributed by atoms with Gasteiger partial charge in [0.05, 0.1) is 20.5 Å². The van der Waals surface area contributed by atoms with Gasteiger partial charge in [-0.05, 0) is 37.1 Å². The first-order chi connectivity index (χ1) is 11.9. The highest BCUT2D eigenvalue weighted by Gasteiger charge is 2.26. The molecule has 1 fully saturated rings. The number of hydrogen-bond acceptors (Lipinski definition) is 5. The lowest BCUT2D eigenvalue weighted by Gasteiger charge is -2.18. The van der Waals surface area contributed by atoms with Crippen molar-refractivity contribution in [3.8, 4) is 0 Å². The molecule has 1 N–H and O–H groups in total. The number of anilines is 2. The number of hydrogen-bond donors (Lipinski definition) is 1. The summed E-state index contributed by atoms with van der Waals surface area (Å²) in [6, 6.07) is 10.3. The van der Waals surface area contributed by atoms with E-state index >= 15 is 0 Å². The Labute approximate surface area is 150 Å². The van der Waals surface area contributed by atoms with Crippen LogP contribution in [0.25, 0.3) is 0 Å². The summed E-state index contributed by atoms with van der Waals surface area (Å²) in [7, 11) is -3.99. The molecule has 0 unspecified atom stereocenters. The second-order valence-corrected chi connectivity index (χ2v) is 7.78. The lowest BCUT2D eigenvalue weighted by Crippen LogP contribution is -2.20. The molecule has 0 aliphatic carbocycles. The van der Waals surface area contributed by atoms with Crippen LogP contribution in [-0.2, 0) is 10.0 Å². The lowest BCUT2D eigenvalue weighted by atomic mass is 10.2. The van der Waals surface area contributed by atoms with Crippen LogP contribution in [0.5, 0.6) is 0 Å². The molecule has 0 amide bonds. The maximum atomic E-state index is 12.6. The fourth-order valence-corrected chi connectivity index (χ4v) is 4.13. The third kappa shape index (κ3) is 3.69. The molecule has 0 spiro atoms. The van der Waals surface area contributed by atoms with Crippen LogP contribution in [-0.4, -0.2) is 26.4 Å². The third-order valence-electron chi connectivity index (χ3n) is 4.02. The number of para-hydroxylation sites is 1. The van der Waals surface area contributed by atoms with Gasteiger partial charge in [-0.1, -0.05) is 23.7 Å². The molecule has 2 aromatic rings. The van der Waals surface area contributed by atoms with E-state index in [1.54, 1.807) is 18.2 Å². The van der Waals surface area contributed by atoms with Crippen LogP contribution in [0.15, 0.2) is 47.4 Å². The first-order valence-electron chi connectivity index (χ1n) is 7.69. The van der Waals surface area contributed by atoms with Gasteiger partial charge in [-0.3, -0.25) is 14.8 Å². The number of nitro groups is 1. The molecule has 1 aliphatic rings. The predicted octanol–water partition coefficient (Wildman–Crippen LogP) is 3.65. The minimum absolute atomic E-state index is 0.179. The number of nitro benzene ring substituents is 1. The van der Waals surface area contributed by atoms with E-state index in [-0.39, 0.29) is 21.3 Å². The minimum atomic E-state index is -3.99. The minimum Gasteiger partial charge on any atom is -0.366 e. The number of rotatable bonds is 5. The van der Waals surface area contributed by atoms with E-state index < -0.39 is 14.9 Å². The Bertz CT molecular complexity index is 911. The topological polar surface area (TPSA) is 92.5 Å². The molecule has 3 rings (SSSR count). The SMILES string of the molecule is O=[N+]([O-])c1cc(S(=O)(=O)Nc2ccccc2Cl)ccc1N1CCCC1. The summed E-state index contributed by atoms with van der Waals surface area (Å²) in [6.45, 7) is 1.45. The van der Waals surface area contributed by atoms with E-state index in [1.807, 2.05) is 4.90 Å². The zero-order chi connectivity index (χ0) is 18.0. The Hall–Kier alpha value is -2.32. The van der Waals surface area contributed by atoms with E-state index in [0.717, 1.165) is 32.0 Å². The highest BCUT2D eigenvalue weighted by molar-refractivity contribution is 7.92. The van der Waals surface area contributed by atoms with Gasteiger partial charge in [0, 0.05) is 19.2 Å². The van der Waals surface area contributed by atoms with Crippen LogP contribution in [0, 0.1) is 10.1 Å². The Kier molecular flexibility index (Phi) is 4.82. The zero-order valence-corrected chi connectivity index (χ0v) is 14.8. The average Bonchev–Trinajstić information content (AvgIpc) is 3.10. The molecule has 0 atom stereocenters.